The summed E-state index contributed by atoms with van der Waals surface area (Å²) in [5.74, 6) is -0.859. The lowest BCUT2D eigenvalue weighted by atomic mass is 10.0. The van der Waals surface area contributed by atoms with Gasteiger partial charge in [-0.05, 0) is 51.4 Å². The summed E-state index contributed by atoms with van der Waals surface area (Å²) in [5.41, 5.74) is 0. The molecule has 9 nitrogen and oxygen atoms in total. The van der Waals surface area contributed by atoms with Gasteiger partial charge in [-0.15, -0.1) is 0 Å². The molecule has 0 aromatic carbocycles. The second kappa shape index (κ2) is 42.3. The SMILES string of the molecule is CCCCCCCCC/C=C/C/C=C/C/C=C/C/C=C/CCCC(=O)O[C@H](COC(=O)CCCCCCCCCCCCCCCCC)COP(=O)(O)OCC[N+](C)(C)C. The molecule has 350 valence electrons. The molecule has 0 aromatic heterocycles. The Bertz CT molecular complexity index is 1160. The lowest BCUT2D eigenvalue weighted by Gasteiger charge is -2.24. The topological polar surface area (TPSA) is 108 Å². The van der Waals surface area contributed by atoms with Crippen LogP contribution >= 0.6 is 7.82 Å². The maximum absolute atomic E-state index is 12.7. The minimum absolute atomic E-state index is 0.0214. The first-order chi connectivity index (χ1) is 29.0. The van der Waals surface area contributed by atoms with Gasteiger partial charge in [-0.1, -0.05) is 191 Å². The molecule has 0 fully saturated rings. The van der Waals surface area contributed by atoms with Gasteiger partial charge in [0, 0.05) is 12.8 Å². The summed E-state index contributed by atoms with van der Waals surface area (Å²) >= 11 is 0. The molecule has 0 amide bonds. The normalized spacial score (nSPS) is 13.9. The minimum Gasteiger partial charge on any atom is -0.462 e. The fraction of sp³-hybridized carbons (Fsp3) is 0.800. The summed E-state index contributed by atoms with van der Waals surface area (Å²) in [6.07, 6.45) is 50.3. The zero-order valence-electron chi connectivity index (χ0n) is 39.4. The second-order valence-corrected chi connectivity index (χ2v) is 19.0. The maximum atomic E-state index is 12.7. The van der Waals surface area contributed by atoms with E-state index in [0.717, 1.165) is 44.9 Å². The molecule has 0 saturated carbocycles. The largest absolute Gasteiger partial charge is 0.472 e. The van der Waals surface area contributed by atoms with Crippen LogP contribution in [0.4, 0.5) is 0 Å². The smallest absolute Gasteiger partial charge is 0.462 e. The van der Waals surface area contributed by atoms with E-state index in [4.69, 9.17) is 18.5 Å². The molecule has 1 N–H and O–H groups in total. The lowest BCUT2D eigenvalue weighted by Crippen LogP contribution is -2.37. The summed E-state index contributed by atoms with van der Waals surface area (Å²) in [5, 5.41) is 0. The molecular weight excluding hydrogens is 774 g/mol. The van der Waals surface area contributed by atoms with Crippen molar-refractivity contribution in [2.75, 3.05) is 47.5 Å². The predicted octanol–water partition coefficient (Wildman–Crippen LogP) is 14.2. The average molecular weight is 867 g/mol. The number of nitrogens with zero attached hydrogens (tertiary/aromatic N) is 1. The van der Waals surface area contributed by atoms with Gasteiger partial charge in [0.2, 0.25) is 0 Å². The molecule has 10 heteroatoms. The molecule has 1 unspecified atom stereocenters. The van der Waals surface area contributed by atoms with Crippen molar-refractivity contribution in [1.29, 1.82) is 0 Å². The van der Waals surface area contributed by atoms with E-state index in [1.54, 1.807) is 0 Å². The van der Waals surface area contributed by atoms with Gasteiger partial charge in [0.25, 0.3) is 0 Å². The highest BCUT2D eigenvalue weighted by Crippen LogP contribution is 2.43. The number of quaternary nitrogens is 1. The van der Waals surface area contributed by atoms with Crippen LogP contribution in [0.2, 0.25) is 0 Å². The van der Waals surface area contributed by atoms with E-state index in [1.807, 2.05) is 21.1 Å². The first-order valence-electron chi connectivity index (χ1n) is 24.4. The fourth-order valence-corrected chi connectivity index (χ4v) is 7.28. The van der Waals surface area contributed by atoms with Gasteiger partial charge in [-0.2, -0.15) is 0 Å². The molecule has 0 aliphatic rings. The van der Waals surface area contributed by atoms with Crippen molar-refractivity contribution in [1.82, 2.24) is 0 Å². The predicted molar refractivity (Wildman–Crippen MR) is 252 cm³/mol. The van der Waals surface area contributed by atoms with Crippen molar-refractivity contribution < 1.29 is 42.1 Å². The molecule has 0 radical (unpaired) electrons. The van der Waals surface area contributed by atoms with Gasteiger partial charge in [-0.3, -0.25) is 18.6 Å². The maximum Gasteiger partial charge on any atom is 0.472 e. The van der Waals surface area contributed by atoms with Crippen LogP contribution in [-0.4, -0.2) is 74.9 Å². The number of unbranched alkanes of at least 4 members (excludes halogenated alkanes) is 22. The summed E-state index contributed by atoms with van der Waals surface area (Å²) in [4.78, 5) is 35.4. The van der Waals surface area contributed by atoms with Crippen molar-refractivity contribution in [2.45, 2.75) is 213 Å². The zero-order valence-corrected chi connectivity index (χ0v) is 40.3. The van der Waals surface area contributed by atoms with Crippen molar-refractivity contribution in [3.63, 3.8) is 0 Å². The number of hydrogen-bond donors (Lipinski definition) is 1. The molecule has 0 spiro atoms. The molecular formula is C50H93NO8P+. The number of ether oxygens (including phenoxy) is 2. The van der Waals surface area contributed by atoms with E-state index in [9.17, 15) is 19.0 Å². The van der Waals surface area contributed by atoms with Crippen LogP contribution in [0.3, 0.4) is 0 Å². The van der Waals surface area contributed by atoms with Gasteiger partial charge in [0.1, 0.15) is 19.8 Å². The molecule has 0 aliphatic carbocycles. The Kier molecular flexibility index (Phi) is 40.8. The Hall–Kier alpha value is -2.03. The van der Waals surface area contributed by atoms with E-state index in [2.05, 4.69) is 62.5 Å². The highest BCUT2D eigenvalue weighted by atomic mass is 31.2. The molecule has 2 atom stereocenters. The van der Waals surface area contributed by atoms with Crippen molar-refractivity contribution in [2.24, 2.45) is 0 Å². The van der Waals surface area contributed by atoms with Crippen LogP contribution in [0.5, 0.6) is 0 Å². The average Bonchev–Trinajstić information content (AvgIpc) is 3.20. The molecule has 0 heterocycles. The molecule has 0 aromatic rings. The summed E-state index contributed by atoms with van der Waals surface area (Å²) < 4.78 is 34.3. The van der Waals surface area contributed by atoms with Gasteiger partial charge in [0.05, 0.1) is 27.7 Å². The Morgan fingerprint density at radius 2 is 0.917 bits per heavy atom. The van der Waals surface area contributed by atoms with Gasteiger partial charge in [0.15, 0.2) is 6.10 Å². The quantitative estimate of drug-likeness (QED) is 0.0212. The van der Waals surface area contributed by atoms with E-state index < -0.39 is 26.5 Å². The summed E-state index contributed by atoms with van der Waals surface area (Å²) in [6.45, 7) is 4.37. The Balaban J connectivity index is 4.39. The number of hydrogen-bond acceptors (Lipinski definition) is 7. The lowest BCUT2D eigenvalue weighted by molar-refractivity contribution is -0.870. The highest BCUT2D eigenvalue weighted by molar-refractivity contribution is 7.47. The van der Waals surface area contributed by atoms with Crippen LogP contribution in [0.1, 0.15) is 206 Å². The molecule has 60 heavy (non-hydrogen) atoms. The number of likely N-dealkylation sites (N-methyl/N-ethyl adjacent to an activating group) is 1. The summed E-state index contributed by atoms with van der Waals surface area (Å²) in [7, 11) is 1.44. The van der Waals surface area contributed by atoms with Gasteiger partial charge >= 0.3 is 19.8 Å². The van der Waals surface area contributed by atoms with E-state index in [-0.39, 0.29) is 32.0 Å². The van der Waals surface area contributed by atoms with E-state index in [1.165, 1.54) is 128 Å². The first-order valence-corrected chi connectivity index (χ1v) is 25.9. The van der Waals surface area contributed by atoms with Crippen LogP contribution in [-0.2, 0) is 32.7 Å². The van der Waals surface area contributed by atoms with Crippen LogP contribution in [0.15, 0.2) is 48.6 Å². The van der Waals surface area contributed by atoms with Gasteiger partial charge < -0.3 is 18.9 Å². The van der Waals surface area contributed by atoms with Crippen LogP contribution < -0.4 is 0 Å². The highest BCUT2D eigenvalue weighted by Gasteiger charge is 2.27. The van der Waals surface area contributed by atoms with Crippen molar-refractivity contribution >= 4 is 19.8 Å². The minimum atomic E-state index is -4.39. The zero-order chi connectivity index (χ0) is 44.3. The van der Waals surface area contributed by atoms with Crippen molar-refractivity contribution in [3.8, 4) is 0 Å². The van der Waals surface area contributed by atoms with Crippen LogP contribution in [0, 0.1) is 0 Å². The first kappa shape index (κ1) is 58.0. The number of phosphoric ester groups is 1. The molecule has 0 rings (SSSR count). The number of rotatable bonds is 44. The Labute approximate surface area is 369 Å². The molecule has 0 saturated heterocycles. The number of allylic oxidation sites excluding steroid dienone is 8. The Morgan fingerprint density at radius 3 is 1.38 bits per heavy atom. The molecule has 0 aliphatic heterocycles. The fourth-order valence-electron chi connectivity index (χ4n) is 6.54. The third kappa shape index (κ3) is 45.5. The van der Waals surface area contributed by atoms with E-state index >= 15 is 0 Å². The number of esters is 2. The Morgan fingerprint density at radius 1 is 0.517 bits per heavy atom. The van der Waals surface area contributed by atoms with E-state index in [0.29, 0.717) is 17.4 Å². The van der Waals surface area contributed by atoms with Crippen LogP contribution in [0.25, 0.3) is 0 Å². The third-order valence-electron chi connectivity index (χ3n) is 10.4. The number of carbonyl (C=O) groups excluding carboxylic acids is 2. The molecule has 0 bridgehead atoms. The van der Waals surface area contributed by atoms with Gasteiger partial charge in [-0.25, -0.2) is 4.57 Å². The number of carbonyl (C=O) groups is 2. The van der Waals surface area contributed by atoms with Crippen molar-refractivity contribution in [3.05, 3.63) is 48.6 Å². The standard InChI is InChI=1S/C50H92NO8P/c1-6-8-10-12-14-16-18-20-22-23-24-25-26-27-29-31-33-35-37-39-41-43-50(53)59-48(47-58-60(54,55)57-45-44-51(3,4)5)46-56-49(52)42-40-38-36-34-32-30-28-21-19-17-15-13-11-9-7-2/h22-23,25-26,29,31,35,37,48H,6-21,24,27-28,30,32-34,36,38-47H2,1-5H3/p+1/b23-22+,26-25+,31-29+,37-35+/t48-/m1/s1. The summed E-state index contributed by atoms with van der Waals surface area (Å²) in [6, 6.07) is 0. The monoisotopic (exact) mass is 867 g/mol. The number of phosphoric acid groups is 1. The second-order valence-electron chi connectivity index (χ2n) is 17.5. The third-order valence-corrected chi connectivity index (χ3v) is 11.3.